The van der Waals surface area contributed by atoms with Crippen molar-refractivity contribution < 1.29 is 9.84 Å². The number of hydrogen-bond donors (Lipinski definition) is 1. The van der Waals surface area contributed by atoms with E-state index in [1.165, 1.54) is 0 Å². The lowest BCUT2D eigenvalue weighted by Crippen LogP contribution is -2.11. The standard InChI is InChI=1S/C18H22O2/c1-12(2)20-16-11-6-5-10-15(16)18(19)17-13(3)8-7-9-14(17)4/h5-12,18-19H,1-4H3. The second kappa shape index (κ2) is 6.10. The van der Waals surface area contributed by atoms with Gasteiger partial charge in [0.25, 0.3) is 0 Å². The molecule has 0 aliphatic heterocycles. The molecular weight excluding hydrogens is 248 g/mol. The van der Waals surface area contributed by atoms with Gasteiger partial charge in [0.1, 0.15) is 11.9 Å². The Bertz CT molecular complexity index is 567. The van der Waals surface area contributed by atoms with Crippen LogP contribution in [-0.4, -0.2) is 11.2 Å². The molecule has 1 unspecified atom stereocenters. The van der Waals surface area contributed by atoms with Gasteiger partial charge in [-0.2, -0.15) is 0 Å². The van der Waals surface area contributed by atoms with Crippen molar-refractivity contribution in [2.45, 2.75) is 39.9 Å². The topological polar surface area (TPSA) is 29.5 Å². The first-order chi connectivity index (χ1) is 9.50. The Kier molecular flexibility index (Phi) is 4.46. The van der Waals surface area contributed by atoms with Crippen LogP contribution < -0.4 is 4.74 Å². The van der Waals surface area contributed by atoms with Crippen molar-refractivity contribution in [1.29, 1.82) is 0 Å². The van der Waals surface area contributed by atoms with Crippen molar-refractivity contribution in [2.24, 2.45) is 0 Å². The third-order valence-electron chi connectivity index (χ3n) is 3.39. The average Bonchev–Trinajstić information content (AvgIpc) is 2.38. The molecule has 2 rings (SSSR count). The van der Waals surface area contributed by atoms with Crippen LogP contribution in [0.3, 0.4) is 0 Å². The minimum atomic E-state index is -0.661. The number of benzene rings is 2. The highest BCUT2D eigenvalue weighted by Gasteiger charge is 2.19. The highest BCUT2D eigenvalue weighted by atomic mass is 16.5. The zero-order chi connectivity index (χ0) is 14.7. The molecule has 1 N–H and O–H groups in total. The zero-order valence-electron chi connectivity index (χ0n) is 12.6. The van der Waals surface area contributed by atoms with Crippen LogP contribution in [0.25, 0.3) is 0 Å². The third-order valence-corrected chi connectivity index (χ3v) is 3.39. The fourth-order valence-electron chi connectivity index (χ4n) is 2.48. The molecule has 2 nitrogen and oxygen atoms in total. The summed E-state index contributed by atoms with van der Waals surface area (Å²) < 4.78 is 5.81. The quantitative estimate of drug-likeness (QED) is 0.903. The highest BCUT2D eigenvalue weighted by molar-refractivity contribution is 5.45. The molecular formula is C18H22O2. The molecule has 2 aromatic rings. The van der Waals surface area contributed by atoms with Gasteiger partial charge in [-0.05, 0) is 50.5 Å². The molecule has 0 fully saturated rings. The number of para-hydroxylation sites is 1. The Hall–Kier alpha value is -1.80. The molecule has 1 atom stereocenters. The monoisotopic (exact) mass is 270 g/mol. The lowest BCUT2D eigenvalue weighted by molar-refractivity contribution is 0.197. The van der Waals surface area contributed by atoms with E-state index in [2.05, 4.69) is 0 Å². The van der Waals surface area contributed by atoms with Crippen molar-refractivity contribution in [3.8, 4) is 5.75 Å². The van der Waals surface area contributed by atoms with Crippen LogP contribution in [0.2, 0.25) is 0 Å². The van der Waals surface area contributed by atoms with Crippen LogP contribution in [0.15, 0.2) is 42.5 Å². The van der Waals surface area contributed by atoms with Crippen LogP contribution >= 0.6 is 0 Å². The van der Waals surface area contributed by atoms with Crippen molar-refractivity contribution in [3.63, 3.8) is 0 Å². The molecule has 0 aliphatic carbocycles. The van der Waals surface area contributed by atoms with E-state index in [-0.39, 0.29) is 6.10 Å². The number of aliphatic hydroxyl groups excluding tert-OH is 1. The van der Waals surface area contributed by atoms with E-state index in [0.717, 1.165) is 28.0 Å². The van der Waals surface area contributed by atoms with Gasteiger partial charge in [-0.1, -0.05) is 36.4 Å². The molecule has 0 heterocycles. The molecule has 20 heavy (non-hydrogen) atoms. The van der Waals surface area contributed by atoms with Gasteiger partial charge in [0.05, 0.1) is 6.10 Å². The third kappa shape index (κ3) is 3.02. The summed E-state index contributed by atoms with van der Waals surface area (Å²) in [5, 5.41) is 10.8. The van der Waals surface area contributed by atoms with Crippen LogP contribution in [0.5, 0.6) is 5.75 Å². The highest BCUT2D eigenvalue weighted by Crippen LogP contribution is 2.33. The first kappa shape index (κ1) is 14.6. The summed E-state index contributed by atoms with van der Waals surface area (Å²) in [5.74, 6) is 0.748. The zero-order valence-corrected chi connectivity index (χ0v) is 12.6. The Morgan fingerprint density at radius 3 is 2.10 bits per heavy atom. The minimum absolute atomic E-state index is 0.0846. The van der Waals surface area contributed by atoms with Gasteiger partial charge in [-0.3, -0.25) is 0 Å². The molecule has 2 heteroatoms. The van der Waals surface area contributed by atoms with Gasteiger partial charge >= 0.3 is 0 Å². The van der Waals surface area contributed by atoms with E-state index in [1.54, 1.807) is 0 Å². The number of aliphatic hydroxyl groups is 1. The van der Waals surface area contributed by atoms with E-state index in [1.807, 2.05) is 70.2 Å². The number of ether oxygens (including phenoxy) is 1. The second-order valence-electron chi connectivity index (χ2n) is 5.41. The molecule has 0 spiro atoms. The van der Waals surface area contributed by atoms with Gasteiger partial charge in [-0.25, -0.2) is 0 Å². The van der Waals surface area contributed by atoms with Gasteiger partial charge in [0.2, 0.25) is 0 Å². The molecule has 0 bridgehead atoms. The van der Waals surface area contributed by atoms with Crippen molar-refractivity contribution in [1.82, 2.24) is 0 Å². The average molecular weight is 270 g/mol. The van der Waals surface area contributed by atoms with E-state index >= 15 is 0 Å². The summed E-state index contributed by atoms with van der Waals surface area (Å²) >= 11 is 0. The maximum Gasteiger partial charge on any atom is 0.125 e. The van der Waals surface area contributed by atoms with Crippen molar-refractivity contribution in [3.05, 3.63) is 64.7 Å². The molecule has 0 aliphatic rings. The molecule has 106 valence electrons. The Morgan fingerprint density at radius 2 is 1.50 bits per heavy atom. The molecule has 0 aromatic heterocycles. The summed E-state index contributed by atoms with van der Waals surface area (Å²) in [7, 11) is 0. The molecule has 2 aromatic carbocycles. The smallest absolute Gasteiger partial charge is 0.125 e. The van der Waals surface area contributed by atoms with E-state index in [0.29, 0.717) is 0 Å². The van der Waals surface area contributed by atoms with Crippen LogP contribution in [0.4, 0.5) is 0 Å². The normalized spacial score (nSPS) is 12.5. The number of rotatable bonds is 4. The second-order valence-corrected chi connectivity index (χ2v) is 5.41. The predicted octanol–water partition coefficient (Wildman–Crippen LogP) is 4.17. The summed E-state index contributed by atoms with van der Waals surface area (Å²) in [6, 6.07) is 13.8. The van der Waals surface area contributed by atoms with Crippen LogP contribution in [0, 0.1) is 13.8 Å². The largest absolute Gasteiger partial charge is 0.491 e. The summed E-state index contributed by atoms with van der Waals surface area (Å²) in [5.41, 5.74) is 3.97. The Balaban J connectivity index is 2.46. The van der Waals surface area contributed by atoms with Gasteiger partial charge in [0.15, 0.2) is 0 Å². The van der Waals surface area contributed by atoms with Gasteiger partial charge < -0.3 is 9.84 Å². The van der Waals surface area contributed by atoms with Crippen molar-refractivity contribution in [2.75, 3.05) is 0 Å². The predicted molar refractivity (Wildman–Crippen MR) is 82.2 cm³/mol. The molecule has 0 amide bonds. The Morgan fingerprint density at radius 1 is 0.900 bits per heavy atom. The minimum Gasteiger partial charge on any atom is -0.491 e. The molecule has 0 saturated heterocycles. The number of hydrogen-bond acceptors (Lipinski definition) is 2. The fourth-order valence-corrected chi connectivity index (χ4v) is 2.48. The maximum absolute atomic E-state index is 10.8. The maximum atomic E-state index is 10.8. The SMILES string of the molecule is Cc1cccc(C)c1C(O)c1ccccc1OC(C)C. The van der Waals surface area contributed by atoms with Gasteiger partial charge in [0, 0.05) is 5.56 Å². The van der Waals surface area contributed by atoms with Crippen LogP contribution in [-0.2, 0) is 0 Å². The van der Waals surface area contributed by atoms with E-state index in [9.17, 15) is 5.11 Å². The van der Waals surface area contributed by atoms with Crippen molar-refractivity contribution >= 4 is 0 Å². The summed E-state index contributed by atoms with van der Waals surface area (Å²) in [4.78, 5) is 0. The first-order valence-corrected chi connectivity index (χ1v) is 7.00. The summed E-state index contributed by atoms with van der Waals surface area (Å²) in [6.07, 6.45) is -0.576. The molecule has 0 saturated carbocycles. The molecule has 0 radical (unpaired) electrons. The first-order valence-electron chi connectivity index (χ1n) is 7.00. The lowest BCUT2D eigenvalue weighted by Gasteiger charge is -2.21. The fraction of sp³-hybridized carbons (Fsp3) is 0.333. The van der Waals surface area contributed by atoms with Crippen LogP contribution in [0.1, 0.15) is 42.2 Å². The lowest BCUT2D eigenvalue weighted by atomic mass is 9.93. The van der Waals surface area contributed by atoms with Gasteiger partial charge in [-0.15, -0.1) is 0 Å². The van der Waals surface area contributed by atoms with E-state index < -0.39 is 6.10 Å². The Labute approximate surface area is 121 Å². The number of aryl methyl sites for hydroxylation is 2. The van der Waals surface area contributed by atoms with E-state index in [4.69, 9.17) is 4.74 Å². The summed E-state index contributed by atoms with van der Waals surface area (Å²) in [6.45, 7) is 8.03.